The number of hydrogen-bond donors (Lipinski definition) is 1. The van der Waals surface area contributed by atoms with Crippen LogP contribution in [0.25, 0.3) is 0 Å². The van der Waals surface area contributed by atoms with Crippen LogP contribution in [0.15, 0.2) is 66.7 Å². The van der Waals surface area contributed by atoms with E-state index in [1.807, 2.05) is 24.3 Å². The van der Waals surface area contributed by atoms with E-state index in [0.29, 0.717) is 23.5 Å². The molecule has 7 heteroatoms. The highest BCUT2D eigenvalue weighted by Gasteiger charge is 2.46. The molecule has 2 heterocycles. The third-order valence-electron chi connectivity index (χ3n) is 6.90. The molecule has 0 radical (unpaired) electrons. The van der Waals surface area contributed by atoms with Gasteiger partial charge in [0, 0.05) is 29.9 Å². The molecular weight excluding hydrogens is 434 g/mol. The van der Waals surface area contributed by atoms with Gasteiger partial charge in [0.15, 0.2) is 0 Å². The van der Waals surface area contributed by atoms with Crippen molar-refractivity contribution in [2.75, 3.05) is 29.9 Å². The summed E-state index contributed by atoms with van der Waals surface area (Å²) >= 11 is 0. The Balaban J connectivity index is 1.33. The molecule has 1 fully saturated rings. The predicted octanol–water partition coefficient (Wildman–Crippen LogP) is 5.42. The Kier molecular flexibility index (Phi) is 5.76. The highest BCUT2D eigenvalue weighted by Crippen LogP contribution is 2.47. The second-order valence-corrected chi connectivity index (χ2v) is 9.05. The summed E-state index contributed by atoms with van der Waals surface area (Å²) in [5.74, 6) is -0.738. The molecule has 1 N–H and O–H groups in total. The van der Waals surface area contributed by atoms with Gasteiger partial charge < -0.3 is 5.32 Å². The fourth-order valence-electron chi connectivity index (χ4n) is 5.09. The molecule has 2 aliphatic heterocycles. The maximum atomic E-state index is 14.3. The number of nitrogens with zero attached hydrogens (tertiary/aromatic N) is 3. The summed E-state index contributed by atoms with van der Waals surface area (Å²) in [5.41, 5.74) is 3.41. The van der Waals surface area contributed by atoms with Gasteiger partial charge in [-0.25, -0.2) is 13.6 Å². The largest absolute Gasteiger partial charge is 0.326 e. The summed E-state index contributed by atoms with van der Waals surface area (Å²) in [7, 11) is 0. The number of piperidine rings is 1. The number of likely N-dealkylation sites (tertiary alicyclic amines) is 1. The molecule has 3 aromatic carbocycles. The molecule has 5 nitrogen and oxygen atoms in total. The number of nitrogens with one attached hydrogen (secondary N) is 1. The number of benzene rings is 3. The van der Waals surface area contributed by atoms with Gasteiger partial charge in [0.25, 0.3) is 0 Å². The molecule has 2 aliphatic rings. The third-order valence-corrected chi connectivity index (χ3v) is 6.90. The minimum absolute atomic E-state index is 0.314. The average Bonchev–Trinajstić information content (AvgIpc) is 3.14. The molecule has 2 amide bonds. The first-order chi connectivity index (χ1) is 16.5. The van der Waals surface area contributed by atoms with E-state index < -0.39 is 5.82 Å². The molecule has 34 heavy (non-hydrogen) atoms. The van der Waals surface area contributed by atoms with Crippen molar-refractivity contribution < 1.29 is 13.6 Å². The van der Waals surface area contributed by atoms with Gasteiger partial charge in [-0.05, 0) is 85.6 Å². The van der Waals surface area contributed by atoms with E-state index in [2.05, 4.69) is 16.3 Å². The Morgan fingerprint density at radius 3 is 2.44 bits per heavy atom. The third kappa shape index (κ3) is 4.25. The number of amides is 2. The van der Waals surface area contributed by atoms with E-state index in [9.17, 15) is 13.6 Å². The molecule has 0 aromatic heterocycles. The molecule has 1 spiro atoms. The topological polar surface area (TPSA) is 59.4 Å². The van der Waals surface area contributed by atoms with Crippen LogP contribution in [0.4, 0.5) is 25.0 Å². The zero-order valence-corrected chi connectivity index (χ0v) is 18.6. The Morgan fingerprint density at radius 1 is 1.00 bits per heavy atom. The SMILES string of the molecule is N#Cc1ccc(CN2CCC3(CC2)CN(C(=O)Nc2cccc(F)c2)c2ccc(F)cc23)cc1. The normalized spacial score (nSPS) is 16.8. The van der Waals surface area contributed by atoms with Crippen LogP contribution in [0.3, 0.4) is 0 Å². The average molecular weight is 459 g/mol. The van der Waals surface area contributed by atoms with Gasteiger partial charge in [-0.3, -0.25) is 9.80 Å². The van der Waals surface area contributed by atoms with Crippen molar-refractivity contribution in [3.63, 3.8) is 0 Å². The van der Waals surface area contributed by atoms with E-state index in [1.54, 1.807) is 29.2 Å². The van der Waals surface area contributed by atoms with Crippen LogP contribution in [-0.4, -0.2) is 30.6 Å². The maximum Gasteiger partial charge on any atom is 0.326 e. The van der Waals surface area contributed by atoms with Crippen molar-refractivity contribution in [1.29, 1.82) is 5.26 Å². The highest BCUT2D eigenvalue weighted by atomic mass is 19.1. The first-order valence-electron chi connectivity index (χ1n) is 11.3. The lowest BCUT2D eigenvalue weighted by molar-refractivity contribution is 0.160. The van der Waals surface area contributed by atoms with Crippen molar-refractivity contribution in [3.05, 3.63) is 95.1 Å². The van der Waals surface area contributed by atoms with Gasteiger partial charge in [-0.1, -0.05) is 18.2 Å². The summed E-state index contributed by atoms with van der Waals surface area (Å²) in [4.78, 5) is 17.1. The summed E-state index contributed by atoms with van der Waals surface area (Å²) in [6.07, 6.45) is 1.59. The van der Waals surface area contributed by atoms with Crippen LogP contribution < -0.4 is 10.2 Å². The van der Waals surface area contributed by atoms with Crippen molar-refractivity contribution in [1.82, 2.24) is 4.90 Å². The second kappa shape index (κ2) is 8.88. The number of fused-ring (bicyclic) bond motifs is 2. The Bertz CT molecular complexity index is 1260. The first kappa shape index (κ1) is 22.1. The van der Waals surface area contributed by atoms with Crippen molar-refractivity contribution in [3.8, 4) is 6.07 Å². The lowest BCUT2D eigenvalue weighted by atomic mass is 9.74. The number of urea groups is 1. The molecule has 3 aromatic rings. The molecule has 1 saturated heterocycles. The van der Waals surface area contributed by atoms with Crippen LogP contribution in [0.2, 0.25) is 0 Å². The Hall–Kier alpha value is -3.76. The minimum Gasteiger partial charge on any atom is -0.307 e. The zero-order valence-electron chi connectivity index (χ0n) is 18.6. The number of nitriles is 1. The van der Waals surface area contributed by atoms with E-state index in [-0.39, 0.29) is 17.3 Å². The molecule has 0 saturated carbocycles. The van der Waals surface area contributed by atoms with Crippen LogP contribution in [-0.2, 0) is 12.0 Å². The number of anilines is 2. The smallest absolute Gasteiger partial charge is 0.307 e. The van der Waals surface area contributed by atoms with E-state index >= 15 is 0 Å². The molecule has 0 bridgehead atoms. The van der Waals surface area contributed by atoms with Crippen LogP contribution in [0.5, 0.6) is 0 Å². The van der Waals surface area contributed by atoms with Crippen molar-refractivity contribution >= 4 is 17.4 Å². The second-order valence-electron chi connectivity index (χ2n) is 9.05. The van der Waals surface area contributed by atoms with Gasteiger partial charge >= 0.3 is 6.03 Å². The highest BCUT2D eigenvalue weighted by molar-refractivity contribution is 6.03. The van der Waals surface area contributed by atoms with Gasteiger partial charge in [0.2, 0.25) is 0 Å². The van der Waals surface area contributed by atoms with E-state index in [4.69, 9.17) is 5.26 Å². The fraction of sp³-hybridized carbons (Fsp3) is 0.259. The molecule has 0 unspecified atom stereocenters. The van der Waals surface area contributed by atoms with E-state index in [0.717, 1.165) is 43.6 Å². The summed E-state index contributed by atoms with van der Waals surface area (Å²) < 4.78 is 27.8. The molecule has 0 aliphatic carbocycles. The predicted molar refractivity (Wildman–Crippen MR) is 127 cm³/mol. The lowest BCUT2D eigenvalue weighted by Crippen LogP contribution is -2.46. The molecular formula is C27H24F2N4O. The standard InChI is InChI=1S/C27H24F2N4O/c28-21-2-1-3-23(14-21)31-26(34)33-18-27(24-15-22(29)8-9-25(24)33)10-12-32(13-11-27)17-20-6-4-19(16-30)5-7-20/h1-9,14-15H,10-13,17-18H2,(H,31,34). The number of carbonyl (C=O) groups is 1. The first-order valence-corrected chi connectivity index (χ1v) is 11.3. The maximum absolute atomic E-state index is 14.3. The van der Waals surface area contributed by atoms with Crippen LogP contribution in [0.1, 0.15) is 29.5 Å². The van der Waals surface area contributed by atoms with Gasteiger partial charge in [0.1, 0.15) is 11.6 Å². The van der Waals surface area contributed by atoms with Crippen LogP contribution >= 0.6 is 0 Å². The van der Waals surface area contributed by atoms with Gasteiger partial charge in [-0.15, -0.1) is 0 Å². The summed E-state index contributed by atoms with van der Waals surface area (Å²) in [6, 6.07) is 19.8. The number of rotatable bonds is 3. The summed E-state index contributed by atoms with van der Waals surface area (Å²) in [6.45, 7) is 2.86. The number of hydrogen-bond acceptors (Lipinski definition) is 3. The lowest BCUT2D eigenvalue weighted by Gasteiger charge is -2.40. The monoisotopic (exact) mass is 458 g/mol. The molecule has 5 rings (SSSR count). The van der Waals surface area contributed by atoms with Crippen LogP contribution in [0, 0.1) is 23.0 Å². The molecule has 172 valence electrons. The zero-order chi connectivity index (χ0) is 23.7. The number of carbonyl (C=O) groups excluding carboxylic acids is 1. The Labute approximate surface area is 197 Å². The Morgan fingerprint density at radius 2 is 1.74 bits per heavy atom. The molecule has 0 atom stereocenters. The fourth-order valence-corrected chi connectivity index (χ4v) is 5.09. The van der Waals surface area contributed by atoms with Crippen molar-refractivity contribution in [2.24, 2.45) is 0 Å². The minimum atomic E-state index is -0.423. The van der Waals surface area contributed by atoms with Crippen molar-refractivity contribution in [2.45, 2.75) is 24.8 Å². The van der Waals surface area contributed by atoms with Gasteiger partial charge in [-0.2, -0.15) is 5.26 Å². The summed E-state index contributed by atoms with van der Waals surface area (Å²) in [5, 5.41) is 11.8. The number of halogens is 2. The van der Waals surface area contributed by atoms with Gasteiger partial charge in [0.05, 0.1) is 11.6 Å². The van der Waals surface area contributed by atoms with E-state index in [1.165, 1.54) is 18.2 Å². The quantitative estimate of drug-likeness (QED) is 0.570.